The topological polar surface area (TPSA) is 99.7 Å². The zero-order valence-electron chi connectivity index (χ0n) is 15.5. The molecule has 2 aromatic rings. The van der Waals surface area contributed by atoms with Crippen LogP contribution in [0, 0.1) is 5.82 Å². The van der Waals surface area contributed by atoms with Crippen molar-refractivity contribution in [3.05, 3.63) is 59.2 Å². The maximum atomic E-state index is 14.7. The molecule has 9 heteroatoms. The van der Waals surface area contributed by atoms with Gasteiger partial charge in [0.25, 0.3) is 11.8 Å². The second-order valence-corrected chi connectivity index (χ2v) is 6.97. The number of hydrogen-bond donors (Lipinski definition) is 1. The summed E-state index contributed by atoms with van der Waals surface area (Å²) < 4.78 is 14.7. The maximum absolute atomic E-state index is 14.7. The van der Waals surface area contributed by atoms with Crippen LogP contribution in [0.25, 0.3) is 0 Å². The number of imide groups is 2. The zero-order valence-corrected chi connectivity index (χ0v) is 15.5. The van der Waals surface area contributed by atoms with Gasteiger partial charge in [-0.3, -0.25) is 34.4 Å². The van der Waals surface area contributed by atoms with Gasteiger partial charge >= 0.3 is 0 Å². The van der Waals surface area contributed by atoms with Crippen molar-refractivity contribution >= 4 is 29.3 Å². The van der Waals surface area contributed by atoms with Crippen molar-refractivity contribution in [3.63, 3.8) is 0 Å². The Morgan fingerprint density at radius 1 is 1.17 bits per heavy atom. The molecular formula is C20H17FN4O4. The summed E-state index contributed by atoms with van der Waals surface area (Å²) in [6.45, 7) is 0.301. The van der Waals surface area contributed by atoms with Crippen LogP contribution in [0.1, 0.15) is 39.3 Å². The van der Waals surface area contributed by atoms with E-state index in [2.05, 4.69) is 10.3 Å². The highest BCUT2D eigenvalue weighted by atomic mass is 19.1. The largest absolute Gasteiger partial charge is 0.366 e. The number of anilines is 1. The third-order valence-corrected chi connectivity index (χ3v) is 5.04. The SMILES string of the molecule is CN(Cc1ccccn1)c1cc2c(cc1F)C(=O)N(C1CCC(=O)NC1=O)C2=O. The number of carbonyl (C=O) groups is 4. The van der Waals surface area contributed by atoms with Crippen molar-refractivity contribution in [2.75, 3.05) is 11.9 Å². The Morgan fingerprint density at radius 3 is 2.55 bits per heavy atom. The number of halogens is 1. The summed E-state index contributed by atoms with van der Waals surface area (Å²) in [7, 11) is 1.65. The Hall–Kier alpha value is -3.62. The summed E-state index contributed by atoms with van der Waals surface area (Å²) in [4.78, 5) is 55.6. The van der Waals surface area contributed by atoms with Crippen LogP contribution in [0.2, 0.25) is 0 Å². The molecule has 1 fully saturated rings. The van der Waals surface area contributed by atoms with Gasteiger partial charge in [-0.2, -0.15) is 0 Å². The lowest BCUT2D eigenvalue weighted by molar-refractivity contribution is -0.136. The molecule has 0 saturated carbocycles. The number of aromatic nitrogens is 1. The molecule has 29 heavy (non-hydrogen) atoms. The molecule has 2 aliphatic heterocycles. The molecular weight excluding hydrogens is 379 g/mol. The van der Waals surface area contributed by atoms with Crippen molar-refractivity contribution < 1.29 is 23.6 Å². The van der Waals surface area contributed by atoms with Gasteiger partial charge in [0.15, 0.2) is 0 Å². The van der Waals surface area contributed by atoms with Crippen LogP contribution in [0.4, 0.5) is 10.1 Å². The van der Waals surface area contributed by atoms with E-state index in [1.165, 1.54) is 6.07 Å². The van der Waals surface area contributed by atoms with E-state index in [0.29, 0.717) is 12.2 Å². The Kier molecular flexibility index (Phi) is 4.57. The normalized spacial score (nSPS) is 18.7. The quantitative estimate of drug-likeness (QED) is 0.781. The zero-order chi connectivity index (χ0) is 20.7. The fraction of sp³-hybridized carbons (Fsp3) is 0.250. The molecule has 8 nitrogen and oxygen atoms in total. The minimum Gasteiger partial charge on any atom is -0.366 e. The van der Waals surface area contributed by atoms with Gasteiger partial charge < -0.3 is 4.90 Å². The molecule has 1 saturated heterocycles. The van der Waals surface area contributed by atoms with Crippen molar-refractivity contribution in [2.45, 2.75) is 25.4 Å². The van der Waals surface area contributed by atoms with Gasteiger partial charge in [-0.25, -0.2) is 4.39 Å². The fourth-order valence-corrected chi connectivity index (χ4v) is 3.59. The minimum absolute atomic E-state index is 0.0240. The average molecular weight is 396 g/mol. The van der Waals surface area contributed by atoms with Gasteiger partial charge in [0.1, 0.15) is 11.9 Å². The van der Waals surface area contributed by atoms with Crippen molar-refractivity contribution in [1.82, 2.24) is 15.2 Å². The van der Waals surface area contributed by atoms with Crippen molar-refractivity contribution in [3.8, 4) is 0 Å². The molecule has 1 atom stereocenters. The van der Waals surface area contributed by atoms with Gasteiger partial charge in [0.2, 0.25) is 11.8 Å². The van der Waals surface area contributed by atoms with E-state index < -0.39 is 35.5 Å². The van der Waals surface area contributed by atoms with E-state index in [4.69, 9.17) is 0 Å². The molecule has 4 rings (SSSR count). The third kappa shape index (κ3) is 3.24. The van der Waals surface area contributed by atoms with Crippen molar-refractivity contribution in [1.29, 1.82) is 0 Å². The number of carbonyl (C=O) groups excluding carboxylic acids is 4. The molecule has 4 amide bonds. The van der Waals surface area contributed by atoms with Crippen LogP contribution in [0.3, 0.4) is 0 Å². The second kappa shape index (κ2) is 7.08. The summed E-state index contributed by atoms with van der Waals surface area (Å²) in [5, 5.41) is 2.13. The minimum atomic E-state index is -1.09. The average Bonchev–Trinajstić information content (AvgIpc) is 2.92. The van der Waals surface area contributed by atoms with E-state index in [-0.39, 0.29) is 29.7 Å². The standard InChI is InChI=1S/C20H17FN4O4/c1-24(10-11-4-2-3-7-22-11)16-9-13-12(8-14(16)21)19(28)25(20(13)29)15-5-6-17(26)23-18(15)27/h2-4,7-9,15H,5-6,10H2,1H3,(H,23,26,27). The molecule has 0 radical (unpaired) electrons. The van der Waals surface area contributed by atoms with Crippen LogP contribution in [0.15, 0.2) is 36.5 Å². The fourth-order valence-electron chi connectivity index (χ4n) is 3.59. The first kappa shape index (κ1) is 18.7. The molecule has 1 N–H and O–H groups in total. The first-order chi connectivity index (χ1) is 13.9. The second-order valence-electron chi connectivity index (χ2n) is 6.97. The number of nitrogens with zero attached hydrogens (tertiary/aromatic N) is 3. The van der Waals surface area contributed by atoms with E-state index in [1.807, 2.05) is 6.07 Å². The molecule has 1 aromatic carbocycles. The van der Waals surface area contributed by atoms with E-state index in [9.17, 15) is 23.6 Å². The summed E-state index contributed by atoms with van der Waals surface area (Å²) in [6.07, 6.45) is 1.70. The smallest absolute Gasteiger partial charge is 0.262 e. The number of nitrogens with one attached hydrogen (secondary N) is 1. The number of amides is 4. The highest BCUT2D eigenvalue weighted by Gasteiger charge is 2.45. The molecule has 148 valence electrons. The maximum Gasteiger partial charge on any atom is 0.262 e. The Bertz CT molecular complexity index is 1040. The Balaban J connectivity index is 1.64. The van der Waals surface area contributed by atoms with Gasteiger partial charge in [0.05, 0.1) is 29.1 Å². The highest BCUT2D eigenvalue weighted by Crippen LogP contribution is 2.32. The molecule has 2 aliphatic rings. The van der Waals surface area contributed by atoms with E-state index >= 15 is 0 Å². The first-order valence-electron chi connectivity index (χ1n) is 9.03. The molecule has 3 heterocycles. The molecule has 1 aromatic heterocycles. The van der Waals surface area contributed by atoms with Gasteiger partial charge in [-0.05, 0) is 30.7 Å². The van der Waals surface area contributed by atoms with E-state index in [1.54, 1.807) is 30.3 Å². The van der Waals surface area contributed by atoms with Gasteiger partial charge in [-0.15, -0.1) is 0 Å². The first-order valence-corrected chi connectivity index (χ1v) is 9.03. The molecule has 0 aliphatic carbocycles. The van der Waals surface area contributed by atoms with E-state index in [0.717, 1.165) is 11.0 Å². The molecule has 1 unspecified atom stereocenters. The van der Waals surface area contributed by atoms with Crippen LogP contribution in [-0.2, 0) is 16.1 Å². The van der Waals surface area contributed by atoms with Crippen molar-refractivity contribution in [2.24, 2.45) is 0 Å². The number of hydrogen-bond acceptors (Lipinski definition) is 6. The number of piperidine rings is 1. The number of benzene rings is 1. The lowest BCUT2D eigenvalue weighted by Crippen LogP contribution is -2.54. The van der Waals surface area contributed by atoms with Gasteiger partial charge in [0, 0.05) is 19.7 Å². The van der Waals surface area contributed by atoms with Crippen LogP contribution in [0.5, 0.6) is 0 Å². The Morgan fingerprint density at radius 2 is 1.90 bits per heavy atom. The van der Waals surface area contributed by atoms with Crippen LogP contribution in [-0.4, -0.2) is 46.6 Å². The summed E-state index contributed by atoms with van der Waals surface area (Å²) >= 11 is 0. The summed E-state index contributed by atoms with van der Waals surface area (Å²) in [5.41, 5.74) is 0.791. The molecule has 0 spiro atoms. The summed E-state index contributed by atoms with van der Waals surface area (Å²) in [6, 6.07) is 6.63. The monoisotopic (exact) mass is 396 g/mol. The lowest BCUT2D eigenvalue weighted by Gasteiger charge is -2.27. The Labute approximate surface area is 165 Å². The number of rotatable bonds is 4. The highest BCUT2D eigenvalue weighted by molar-refractivity contribution is 6.23. The lowest BCUT2D eigenvalue weighted by atomic mass is 10.0. The van der Waals surface area contributed by atoms with Gasteiger partial charge in [-0.1, -0.05) is 6.07 Å². The number of pyridine rings is 1. The predicted molar refractivity (Wildman–Crippen MR) is 99.4 cm³/mol. The predicted octanol–water partition coefficient (Wildman–Crippen LogP) is 1.26. The van der Waals surface area contributed by atoms with Crippen LogP contribution < -0.4 is 10.2 Å². The third-order valence-electron chi connectivity index (χ3n) is 5.04. The van der Waals surface area contributed by atoms with Crippen LogP contribution >= 0.6 is 0 Å². The number of fused-ring (bicyclic) bond motifs is 1. The molecule has 0 bridgehead atoms. The summed E-state index contributed by atoms with van der Waals surface area (Å²) in [5.74, 6) is -3.23.